The van der Waals surface area contributed by atoms with Crippen LogP contribution in [0.3, 0.4) is 0 Å². The third kappa shape index (κ3) is 5.07. The summed E-state index contributed by atoms with van der Waals surface area (Å²) in [7, 11) is -5.90. The highest BCUT2D eigenvalue weighted by Gasteiger charge is 2.61. The van der Waals surface area contributed by atoms with E-state index in [-0.39, 0.29) is 53.5 Å². The maximum Gasteiger partial charge on any atom is 0.402 e. The number of alkyl halides is 2. The molecule has 0 spiro atoms. The highest BCUT2D eigenvalue weighted by atomic mass is 32.2. The van der Waals surface area contributed by atoms with E-state index in [9.17, 15) is 41.2 Å². The van der Waals surface area contributed by atoms with Gasteiger partial charge in [0.25, 0.3) is 0 Å². The second-order valence-corrected chi connectivity index (χ2v) is 16.1. The van der Waals surface area contributed by atoms with Crippen LogP contribution < -0.4 is 0 Å². The minimum absolute atomic E-state index is 0.161. The first-order chi connectivity index (χ1) is 20.5. The normalized spacial score (nSPS) is 38.4. The number of hydrogen-bond acceptors (Lipinski definition) is 10. The maximum absolute atomic E-state index is 14.0. The average Bonchev–Trinajstić information content (AvgIpc) is 2.95. The summed E-state index contributed by atoms with van der Waals surface area (Å²) in [6.45, 7) is -1.90. The highest BCUT2D eigenvalue weighted by molar-refractivity contribution is 7.86. The molecule has 0 heterocycles. The Kier molecular flexibility index (Phi) is 7.54. The van der Waals surface area contributed by atoms with Gasteiger partial charge in [-0.15, -0.1) is 0 Å². The van der Waals surface area contributed by atoms with Gasteiger partial charge in [0.1, 0.15) is 30.2 Å². The number of Topliss-reactive ketones (excluding diaryl/α,β-unsaturated/α-hetero) is 2. The standard InChI is InChI=1S/C30H38F2O11S/c1-2-27(24(35)43-15-30(31,32)44(38,39)40,13-41-25(36)28-7-16-3-18(9-28)22(33)19(4-16)10-28)14-42-26(37)29-8-17-5-20(11-29)23(34)21(6-17)12-29/h16-21H,2-15H2,1H3,(H,38,39,40). The van der Waals surface area contributed by atoms with E-state index in [1.165, 1.54) is 6.92 Å². The van der Waals surface area contributed by atoms with Crippen molar-refractivity contribution in [2.45, 2.75) is 82.8 Å². The molecule has 0 radical (unpaired) electrons. The first-order valence-electron chi connectivity index (χ1n) is 15.5. The zero-order valence-electron chi connectivity index (χ0n) is 24.6. The summed E-state index contributed by atoms with van der Waals surface area (Å²) in [5, 5.41) is -4.80. The van der Waals surface area contributed by atoms with E-state index < -0.39 is 69.3 Å². The Balaban J connectivity index is 1.19. The lowest BCUT2D eigenvalue weighted by Gasteiger charge is -2.54. The molecule has 0 aromatic heterocycles. The monoisotopic (exact) mass is 644 g/mol. The van der Waals surface area contributed by atoms with Crippen molar-refractivity contribution in [3.05, 3.63) is 0 Å². The number of rotatable bonds is 11. The summed E-state index contributed by atoms with van der Waals surface area (Å²) in [5.74, 6) is -2.82. The van der Waals surface area contributed by atoms with Crippen LogP contribution >= 0.6 is 0 Å². The van der Waals surface area contributed by atoms with Crippen LogP contribution in [0.4, 0.5) is 8.78 Å². The van der Waals surface area contributed by atoms with Gasteiger partial charge in [0.2, 0.25) is 0 Å². The Morgan fingerprint density at radius 2 is 1.14 bits per heavy atom. The van der Waals surface area contributed by atoms with Gasteiger partial charge in [0.15, 0.2) is 6.61 Å². The SMILES string of the molecule is CCC(COC(=O)C12CC3CC(C1)C(=O)C(C3)C2)(COC(=O)C12CC3CC(C1)C(=O)C(C3)C2)C(=O)OCC(F)(F)S(=O)(=O)O. The van der Waals surface area contributed by atoms with Crippen LogP contribution in [-0.4, -0.2) is 67.5 Å². The first-order valence-corrected chi connectivity index (χ1v) is 16.9. The smallest absolute Gasteiger partial charge is 0.402 e. The summed E-state index contributed by atoms with van der Waals surface area (Å²) in [5.41, 5.74) is -3.78. The topological polar surface area (TPSA) is 167 Å². The molecule has 4 unspecified atom stereocenters. The maximum atomic E-state index is 14.0. The van der Waals surface area contributed by atoms with E-state index in [2.05, 4.69) is 4.74 Å². The van der Waals surface area contributed by atoms with Crippen molar-refractivity contribution in [2.75, 3.05) is 19.8 Å². The van der Waals surface area contributed by atoms with Crippen molar-refractivity contribution in [1.29, 1.82) is 0 Å². The van der Waals surface area contributed by atoms with Gasteiger partial charge >= 0.3 is 33.3 Å². The molecule has 1 N–H and O–H groups in total. The number of ketones is 2. The quantitative estimate of drug-likeness (QED) is 0.199. The van der Waals surface area contributed by atoms with Gasteiger partial charge in [0.05, 0.1) is 10.8 Å². The third-order valence-electron chi connectivity index (χ3n) is 11.7. The van der Waals surface area contributed by atoms with Gasteiger partial charge in [-0.25, -0.2) is 0 Å². The predicted molar refractivity (Wildman–Crippen MR) is 144 cm³/mol. The molecule has 0 aromatic rings. The van der Waals surface area contributed by atoms with Gasteiger partial charge in [-0.2, -0.15) is 17.2 Å². The van der Waals surface area contributed by atoms with Crippen LogP contribution in [0.25, 0.3) is 0 Å². The van der Waals surface area contributed by atoms with E-state index in [0.29, 0.717) is 38.5 Å². The summed E-state index contributed by atoms with van der Waals surface area (Å²) in [4.78, 5) is 65.7. The fourth-order valence-electron chi connectivity index (χ4n) is 9.59. The largest absolute Gasteiger partial charge is 0.464 e. The van der Waals surface area contributed by atoms with Crippen molar-refractivity contribution >= 4 is 39.6 Å². The second kappa shape index (κ2) is 10.5. The fraction of sp³-hybridized carbons (Fsp3) is 0.833. The van der Waals surface area contributed by atoms with Gasteiger partial charge in [0, 0.05) is 23.7 Å². The van der Waals surface area contributed by atoms with Crippen LogP contribution in [-0.2, 0) is 48.3 Å². The minimum Gasteiger partial charge on any atom is -0.464 e. The molecule has 8 rings (SSSR count). The number of hydrogen-bond donors (Lipinski definition) is 1. The number of esters is 3. The first kappa shape index (κ1) is 31.5. The molecule has 44 heavy (non-hydrogen) atoms. The van der Waals surface area contributed by atoms with Gasteiger partial charge in [-0.05, 0) is 82.5 Å². The fourth-order valence-corrected chi connectivity index (χ4v) is 9.80. The lowest BCUT2D eigenvalue weighted by molar-refractivity contribution is -0.190. The molecule has 0 saturated heterocycles. The van der Waals surface area contributed by atoms with Crippen LogP contribution in [0.1, 0.15) is 77.6 Å². The molecule has 8 fully saturated rings. The van der Waals surface area contributed by atoms with E-state index >= 15 is 0 Å². The molecular weight excluding hydrogens is 606 g/mol. The lowest BCUT2D eigenvalue weighted by Crippen LogP contribution is -2.56. The molecule has 8 aliphatic carbocycles. The number of carbonyl (C=O) groups is 5. The van der Waals surface area contributed by atoms with Crippen LogP contribution in [0, 0.1) is 51.8 Å². The molecule has 8 aliphatic rings. The molecule has 14 heteroatoms. The zero-order chi connectivity index (χ0) is 31.9. The zero-order valence-corrected chi connectivity index (χ0v) is 25.4. The molecular formula is C30H38F2O11S. The Labute approximate surface area is 253 Å². The number of halogens is 2. The molecule has 8 saturated carbocycles. The van der Waals surface area contributed by atoms with Crippen molar-refractivity contribution in [3.8, 4) is 0 Å². The van der Waals surface area contributed by atoms with E-state index in [4.69, 9.17) is 14.0 Å². The Bertz CT molecular complexity index is 1280. The van der Waals surface area contributed by atoms with Crippen molar-refractivity contribution in [1.82, 2.24) is 0 Å². The van der Waals surface area contributed by atoms with Crippen molar-refractivity contribution in [3.63, 3.8) is 0 Å². The molecule has 0 amide bonds. The average molecular weight is 645 g/mol. The minimum atomic E-state index is -5.90. The molecule has 4 atom stereocenters. The van der Waals surface area contributed by atoms with E-state index in [0.717, 1.165) is 25.7 Å². The summed E-state index contributed by atoms with van der Waals surface area (Å²) in [6.07, 6.45) is 5.13. The Hall–Kier alpha value is -2.48. The third-order valence-corrected chi connectivity index (χ3v) is 12.5. The molecule has 11 nitrogen and oxygen atoms in total. The van der Waals surface area contributed by atoms with Crippen LogP contribution in [0.15, 0.2) is 0 Å². The molecule has 244 valence electrons. The van der Waals surface area contributed by atoms with Gasteiger partial charge in [-0.3, -0.25) is 28.5 Å². The van der Waals surface area contributed by atoms with E-state index in [1.54, 1.807) is 0 Å². The molecule has 0 aromatic carbocycles. The predicted octanol–water partition coefficient (Wildman–Crippen LogP) is 3.28. The van der Waals surface area contributed by atoms with E-state index in [1.807, 2.05) is 0 Å². The highest BCUT2D eigenvalue weighted by Crippen LogP contribution is 2.60. The Morgan fingerprint density at radius 3 is 1.48 bits per heavy atom. The Morgan fingerprint density at radius 1 is 0.750 bits per heavy atom. The van der Waals surface area contributed by atoms with Crippen LogP contribution in [0.5, 0.6) is 0 Å². The second-order valence-electron chi connectivity index (χ2n) is 14.5. The molecule has 0 aliphatic heterocycles. The summed E-state index contributed by atoms with van der Waals surface area (Å²) >= 11 is 0. The number of ether oxygens (including phenoxy) is 3. The van der Waals surface area contributed by atoms with Crippen molar-refractivity contribution in [2.24, 2.45) is 51.8 Å². The number of carbonyl (C=O) groups excluding carboxylic acids is 5. The molecule has 8 bridgehead atoms. The van der Waals surface area contributed by atoms with Gasteiger partial charge in [-0.1, -0.05) is 6.92 Å². The van der Waals surface area contributed by atoms with Crippen LogP contribution in [0.2, 0.25) is 0 Å². The lowest BCUT2D eigenvalue weighted by atomic mass is 9.49. The summed E-state index contributed by atoms with van der Waals surface area (Å²) in [6, 6.07) is 0. The van der Waals surface area contributed by atoms with Crippen molar-refractivity contribution < 1.29 is 59.9 Å². The summed E-state index contributed by atoms with van der Waals surface area (Å²) < 4.78 is 75.1. The van der Waals surface area contributed by atoms with Gasteiger partial charge < -0.3 is 14.2 Å².